The summed E-state index contributed by atoms with van der Waals surface area (Å²) in [6.07, 6.45) is 0.772. The lowest BCUT2D eigenvalue weighted by atomic mass is 9.90. The molecule has 2 rings (SSSR count). The number of aromatic carboxylic acids is 1. The van der Waals surface area contributed by atoms with Gasteiger partial charge in [0.2, 0.25) is 0 Å². The van der Waals surface area contributed by atoms with E-state index < -0.39 is 5.97 Å². The van der Waals surface area contributed by atoms with E-state index in [1.807, 2.05) is 31.2 Å². The van der Waals surface area contributed by atoms with Crippen molar-refractivity contribution in [3.8, 4) is 5.75 Å². The highest BCUT2D eigenvalue weighted by molar-refractivity contribution is 7.10. The second-order valence-corrected chi connectivity index (χ2v) is 6.45. The van der Waals surface area contributed by atoms with Crippen LogP contribution in [0.4, 0.5) is 0 Å². The van der Waals surface area contributed by atoms with Gasteiger partial charge < -0.3 is 9.84 Å². The zero-order valence-electron chi connectivity index (χ0n) is 12.4. The molecule has 1 aromatic carbocycles. The Morgan fingerprint density at radius 3 is 2.71 bits per heavy atom. The van der Waals surface area contributed by atoms with Crippen LogP contribution in [-0.2, 0) is 5.41 Å². The predicted molar refractivity (Wildman–Crippen MR) is 83.4 cm³/mol. The Hall–Kier alpha value is -1.88. The lowest BCUT2D eigenvalue weighted by Crippen LogP contribution is -2.21. The molecular weight excluding hydrogens is 286 g/mol. The molecule has 0 amide bonds. The van der Waals surface area contributed by atoms with Crippen molar-refractivity contribution in [1.82, 2.24) is 4.98 Å². The van der Waals surface area contributed by atoms with E-state index in [-0.39, 0.29) is 11.1 Å². The second kappa shape index (κ2) is 6.26. The molecular formula is C16H19NO3S. The molecule has 0 fully saturated rings. The number of rotatable bonds is 6. The van der Waals surface area contributed by atoms with Gasteiger partial charge in [-0.3, -0.25) is 0 Å². The van der Waals surface area contributed by atoms with Gasteiger partial charge in [-0.2, -0.15) is 0 Å². The minimum atomic E-state index is -0.982. The summed E-state index contributed by atoms with van der Waals surface area (Å²) >= 11 is 1.39. The van der Waals surface area contributed by atoms with Gasteiger partial charge in [0.05, 0.1) is 11.6 Å². The number of carboxylic acids is 1. The van der Waals surface area contributed by atoms with Crippen molar-refractivity contribution in [3.05, 3.63) is 45.9 Å². The summed E-state index contributed by atoms with van der Waals surface area (Å²) in [4.78, 5) is 15.1. The summed E-state index contributed by atoms with van der Waals surface area (Å²) in [7, 11) is 0. The molecule has 0 aliphatic heterocycles. The molecule has 112 valence electrons. The van der Waals surface area contributed by atoms with E-state index >= 15 is 0 Å². The van der Waals surface area contributed by atoms with Gasteiger partial charge in [-0.05, 0) is 25.0 Å². The predicted octanol–water partition coefficient (Wildman–Crippen LogP) is 3.90. The standard InChI is InChI=1S/C16H19NO3S/c1-11-6-4-5-7-13(11)20-9-8-16(2,3)15-17-12(10-21-15)14(18)19/h4-7,10H,8-9H2,1-3H3,(H,18,19). The molecule has 0 aliphatic carbocycles. The van der Waals surface area contributed by atoms with Crippen LogP contribution in [-0.4, -0.2) is 22.7 Å². The Bertz CT molecular complexity index is 634. The van der Waals surface area contributed by atoms with Crippen molar-refractivity contribution in [3.63, 3.8) is 0 Å². The first-order valence-corrected chi connectivity index (χ1v) is 7.66. The van der Waals surface area contributed by atoms with Crippen LogP contribution >= 0.6 is 11.3 Å². The molecule has 1 heterocycles. The van der Waals surface area contributed by atoms with Crippen molar-refractivity contribution in [2.24, 2.45) is 0 Å². The third-order valence-corrected chi connectivity index (χ3v) is 4.59. The van der Waals surface area contributed by atoms with Gasteiger partial charge >= 0.3 is 5.97 Å². The largest absolute Gasteiger partial charge is 0.493 e. The third kappa shape index (κ3) is 3.82. The zero-order chi connectivity index (χ0) is 15.5. The molecule has 0 bridgehead atoms. The van der Waals surface area contributed by atoms with Crippen LogP contribution in [0.3, 0.4) is 0 Å². The van der Waals surface area contributed by atoms with Gasteiger partial charge in [-0.1, -0.05) is 32.0 Å². The van der Waals surface area contributed by atoms with Gasteiger partial charge in [0.15, 0.2) is 5.69 Å². The molecule has 0 radical (unpaired) electrons. The number of carboxylic acid groups (broad SMARTS) is 1. The van der Waals surface area contributed by atoms with Crippen molar-refractivity contribution in [1.29, 1.82) is 0 Å². The fraction of sp³-hybridized carbons (Fsp3) is 0.375. The number of ether oxygens (including phenoxy) is 1. The topological polar surface area (TPSA) is 59.4 Å². The Labute approximate surface area is 128 Å². The van der Waals surface area contributed by atoms with Gasteiger partial charge in [-0.25, -0.2) is 9.78 Å². The lowest BCUT2D eigenvalue weighted by Gasteiger charge is -2.22. The second-order valence-electron chi connectivity index (χ2n) is 5.59. The minimum absolute atomic E-state index is 0.114. The molecule has 5 heteroatoms. The first kappa shape index (κ1) is 15.5. The maximum atomic E-state index is 10.9. The minimum Gasteiger partial charge on any atom is -0.493 e. The highest BCUT2D eigenvalue weighted by Crippen LogP contribution is 2.30. The molecule has 0 unspecified atom stereocenters. The number of nitrogens with zero attached hydrogens (tertiary/aromatic N) is 1. The van der Waals surface area contributed by atoms with E-state index in [9.17, 15) is 4.79 Å². The van der Waals surface area contributed by atoms with Crippen LogP contribution in [0.15, 0.2) is 29.6 Å². The van der Waals surface area contributed by atoms with Gasteiger partial charge in [-0.15, -0.1) is 11.3 Å². The van der Waals surface area contributed by atoms with Crippen LogP contribution in [0.1, 0.15) is 41.3 Å². The normalized spacial score (nSPS) is 11.4. The maximum absolute atomic E-state index is 10.9. The molecule has 4 nitrogen and oxygen atoms in total. The highest BCUT2D eigenvalue weighted by atomic mass is 32.1. The monoisotopic (exact) mass is 305 g/mol. The molecule has 21 heavy (non-hydrogen) atoms. The van der Waals surface area contributed by atoms with Crippen molar-refractivity contribution < 1.29 is 14.6 Å². The summed E-state index contributed by atoms with van der Waals surface area (Å²) in [6, 6.07) is 7.90. The Kier molecular flexibility index (Phi) is 4.63. The number of aromatic nitrogens is 1. The van der Waals surface area contributed by atoms with E-state index in [1.165, 1.54) is 11.3 Å². The van der Waals surface area contributed by atoms with E-state index in [0.29, 0.717) is 6.61 Å². The number of hydrogen-bond acceptors (Lipinski definition) is 4. The van der Waals surface area contributed by atoms with Crippen molar-refractivity contribution >= 4 is 17.3 Å². The summed E-state index contributed by atoms with van der Waals surface area (Å²) in [5, 5.41) is 11.4. The first-order chi connectivity index (χ1) is 9.90. The number of aryl methyl sites for hydroxylation is 1. The molecule has 1 aromatic heterocycles. The SMILES string of the molecule is Cc1ccccc1OCCC(C)(C)c1nc(C(=O)O)cs1. The lowest BCUT2D eigenvalue weighted by molar-refractivity contribution is 0.0691. The van der Waals surface area contributed by atoms with E-state index in [4.69, 9.17) is 9.84 Å². The van der Waals surface area contributed by atoms with Crippen molar-refractivity contribution in [2.45, 2.75) is 32.6 Å². The quantitative estimate of drug-likeness (QED) is 0.879. The molecule has 0 saturated carbocycles. The van der Waals surface area contributed by atoms with E-state index in [0.717, 1.165) is 22.7 Å². The summed E-state index contributed by atoms with van der Waals surface area (Å²) in [5.41, 5.74) is 1.02. The molecule has 0 saturated heterocycles. The number of carbonyl (C=O) groups is 1. The molecule has 2 aromatic rings. The van der Waals surface area contributed by atoms with E-state index in [1.54, 1.807) is 5.38 Å². The van der Waals surface area contributed by atoms with Crippen molar-refractivity contribution in [2.75, 3.05) is 6.61 Å². The number of thiazole rings is 1. The van der Waals surface area contributed by atoms with Gasteiger partial charge in [0, 0.05) is 10.8 Å². The van der Waals surface area contributed by atoms with E-state index in [2.05, 4.69) is 18.8 Å². The van der Waals surface area contributed by atoms with Crippen LogP contribution in [0.2, 0.25) is 0 Å². The van der Waals surface area contributed by atoms with Gasteiger partial charge in [0.25, 0.3) is 0 Å². The summed E-state index contributed by atoms with van der Waals surface area (Å²) < 4.78 is 5.81. The Morgan fingerprint density at radius 2 is 2.10 bits per heavy atom. The molecule has 0 atom stereocenters. The Balaban J connectivity index is 1.97. The fourth-order valence-electron chi connectivity index (χ4n) is 1.92. The fourth-order valence-corrected chi connectivity index (χ4v) is 2.87. The zero-order valence-corrected chi connectivity index (χ0v) is 13.2. The summed E-state index contributed by atoms with van der Waals surface area (Å²) in [5.74, 6) is -0.0943. The Morgan fingerprint density at radius 1 is 1.38 bits per heavy atom. The van der Waals surface area contributed by atoms with Crippen LogP contribution < -0.4 is 4.74 Å². The first-order valence-electron chi connectivity index (χ1n) is 6.78. The average Bonchev–Trinajstić information content (AvgIpc) is 2.91. The van der Waals surface area contributed by atoms with Gasteiger partial charge in [0.1, 0.15) is 5.75 Å². The molecule has 0 spiro atoms. The molecule has 1 N–H and O–H groups in total. The smallest absolute Gasteiger partial charge is 0.355 e. The highest BCUT2D eigenvalue weighted by Gasteiger charge is 2.25. The molecule has 0 aliphatic rings. The summed E-state index contributed by atoms with van der Waals surface area (Å²) in [6.45, 7) is 6.69. The third-order valence-electron chi connectivity index (χ3n) is 3.38. The van der Waals surface area contributed by atoms with Crippen LogP contribution in [0.5, 0.6) is 5.75 Å². The van der Waals surface area contributed by atoms with Crippen LogP contribution in [0, 0.1) is 6.92 Å². The number of hydrogen-bond donors (Lipinski definition) is 1. The van der Waals surface area contributed by atoms with Crippen LogP contribution in [0.25, 0.3) is 0 Å². The number of benzene rings is 1. The maximum Gasteiger partial charge on any atom is 0.355 e. The number of para-hydroxylation sites is 1. The average molecular weight is 305 g/mol.